The van der Waals surface area contributed by atoms with Gasteiger partial charge >= 0.3 is 5.97 Å². The van der Waals surface area contributed by atoms with E-state index < -0.39 is 17.6 Å². The molecule has 0 spiro atoms. The molecule has 6 rings (SSSR count). The monoisotopic (exact) mass is 597 g/mol. The van der Waals surface area contributed by atoms with E-state index >= 15 is 0 Å². The third-order valence-electron chi connectivity index (χ3n) is 8.21. The third kappa shape index (κ3) is 5.35. The lowest BCUT2D eigenvalue weighted by Gasteiger charge is -2.29. The Kier molecular flexibility index (Phi) is 8.13. The van der Waals surface area contributed by atoms with Gasteiger partial charge in [0.25, 0.3) is 0 Å². The van der Waals surface area contributed by atoms with Gasteiger partial charge in [0, 0.05) is 30.2 Å². The molecule has 1 aliphatic carbocycles. The topological polar surface area (TPSA) is 86.9 Å². The van der Waals surface area contributed by atoms with E-state index in [2.05, 4.69) is 17.0 Å². The van der Waals surface area contributed by atoms with Gasteiger partial charge in [0.1, 0.15) is 34.4 Å². The van der Waals surface area contributed by atoms with Gasteiger partial charge in [-0.2, -0.15) is 0 Å². The minimum absolute atomic E-state index is 0.164. The molecular weight excluding hydrogens is 564 g/mol. The van der Waals surface area contributed by atoms with Gasteiger partial charge < -0.3 is 23.6 Å². The molecule has 0 radical (unpaired) electrons. The van der Waals surface area contributed by atoms with Crippen LogP contribution in [0, 0.1) is 11.6 Å². The highest BCUT2D eigenvalue weighted by Crippen LogP contribution is 2.45. The molecule has 1 saturated carbocycles. The summed E-state index contributed by atoms with van der Waals surface area (Å²) in [6, 6.07) is 7.77. The molecule has 8 nitrogen and oxygen atoms in total. The van der Waals surface area contributed by atoms with E-state index in [0.717, 1.165) is 53.9 Å². The zero-order valence-corrected chi connectivity index (χ0v) is 24.6. The normalized spacial score (nSPS) is 18.6. The van der Waals surface area contributed by atoms with Gasteiger partial charge in [-0.05, 0) is 62.8 Å². The largest absolute Gasteiger partial charge is 0.494 e. The summed E-state index contributed by atoms with van der Waals surface area (Å²) in [5, 5.41) is 4.95. The molecule has 4 aromatic rings. The molecular formula is C31H33F2N3O5S. The van der Waals surface area contributed by atoms with Crippen molar-refractivity contribution >= 4 is 32.7 Å². The van der Waals surface area contributed by atoms with Crippen LogP contribution in [0.4, 0.5) is 13.9 Å². The maximum Gasteiger partial charge on any atom is 0.338 e. The van der Waals surface area contributed by atoms with Crippen molar-refractivity contribution in [2.75, 3.05) is 25.7 Å². The van der Waals surface area contributed by atoms with Crippen molar-refractivity contribution in [1.82, 2.24) is 10.1 Å². The number of rotatable bonds is 11. The van der Waals surface area contributed by atoms with Crippen LogP contribution in [0.15, 0.2) is 34.9 Å². The van der Waals surface area contributed by atoms with Gasteiger partial charge in [-0.1, -0.05) is 29.5 Å². The van der Waals surface area contributed by atoms with Crippen molar-refractivity contribution < 1.29 is 32.3 Å². The second kappa shape index (κ2) is 12.0. The maximum atomic E-state index is 14.6. The number of halogens is 2. The van der Waals surface area contributed by atoms with Gasteiger partial charge in [-0.3, -0.25) is 0 Å². The van der Waals surface area contributed by atoms with Gasteiger partial charge in [-0.15, -0.1) is 0 Å². The lowest BCUT2D eigenvalue weighted by molar-refractivity contribution is 0.0600. The summed E-state index contributed by atoms with van der Waals surface area (Å²) >= 11 is 1.54. The molecule has 42 heavy (non-hydrogen) atoms. The van der Waals surface area contributed by atoms with E-state index in [-0.39, 0.29) is 29.8 Å². The standard InChI is InChI=1S/C31H33F2N3O5S/c1-4-19-10-11-20(36(19)31-34-28-24(38-2)14-18(30(37)39-3)15-25(28)42-31)12-13-40-16-21-27(35-41-29(21)17-8-9-17)26-22(32)6-5-7-23(26)33/h5-7,14-15,17,19-20H,4,8-13,16H2,1-3H3/t19?,20-/m0/s1. The van der Waals surface area contributed by atoms with Gasteiger partial charge in [0.2, 0.25) is 0 Å². The Morgan fingerprint density at radius 3 is 2.57 bits per heavy atom. The van der Waals surface area contributed by atoms with Crippen LogP contribution >= 0.6 is 11.3 Å². The van der Waals surface area contributed by atoms with E-state index in [1.165, 1.54) is 36.6 Å². The number of hydrogen-bond acceptors (Lipinski definition) is 9. The number of fused-ring (bicyclic) bond motifs is 1. The molecule has 1 aliphatic heterocycles. The van der Waals surface area contributed by atoms with Gasteiger partial charge in [0.15, 0.2) is 5.13 Å². The minimum Gasteiger partial charge on any atom is -0.494 e. The van der Waals surface area contributed by atoms with E-state index in [1.807, 2.05) is 0 Å². The Labute approximate surface area is 246 Å². The minimum atomic E-state index is -0.676. The van der Waals surface area contributed by atoms with Crippen LogP contribution in [-0.2, 0) is 16.1 Å². The summed E-state index contributed by atoms with van der Waals surface area (Å²) in [5.41, 5.74) is 1.76. The molecule has 222 valence electrons. The van der Waals surface area contributed by atoms with Crippen LogP contribution in [0.2, 0.25) is 0 Å². The number of aromatic nitrogens is 2. The average molecular weight is 598 g/mol. The first kappa shape index (κ1) is 28.5. The van der Waals surface area contributed by atoms with Crippen molar-refractivity contribution in [2.45, 2.75) is 70.1 Å². The molecule has 1 saturated heterocycles. The number of methoxy groups -OCH3 is 2. The molecule has 0 bridgehead atoms. The van der Waals surface area contributed by atoms with Crippen molar-refractivity contribution in [3.8, 4) is 17.0 Å². The van der Waals surface area contributed by atoms with Crippen molar-refractivity contribution in [3.63, 3.8) is 0 Å². The molecule has 2 aliphatic rings. The summed E-state index contributed by atoms with van der Waals surface area (Å²) in [5.74, 6) is -0.367. The first-order valence-electron chi connectivity index (χ1n) is 14.3. The number of carbonyl (C=O) groups excluding carboxylic acids is 1. The zero-order valence-electron chi connectivity index (χ0n) is 23.8. The summed E-state index contributed by atoms with van der Waals surface area (Å²) in [6.45, 7) is 2.79. The third-order valence-corrected chi connectivity index (χ3v) is 9.23. The fraction of sp³-hybridized carbons (Fsp3) is 0.452. The van der Waals surface area contributed by atoms with E-state index in [1.54, 1.807) is 19.2 Å². The number of nitrogens with zero attached hydrogens (tertiary/aromatic N) is 3. The Bertz CT molecular complexity index is 1580. The SMILES string of the molecule is CCC1CC[C@@H](CCOCc2c(-c3c(F)cccc3F)noc2C2CC2)N1c1nc2c(OC)cc(C(=O)OC)cc2s1. The Morgan fingerprint density at radius 1 is 1.12 bits per heavy atom. The van der Waals surface area contributed by atoms with Gasteiger partial charge in [-0.25, -0.2) is 18.6 Å². The average Bonchev–Trinajstić information content (AvgIpc) is 3.41. The lowest BCUT2D eigenvalue weighted by atomic mass is 10.0. The van der Waals surface area contributed by atoms with Crippen LogP contribution in [0.5, 0.6) is 5.75 Å². The van der Waals surface area contributed by atoms with Crippen molar-refractivity contribution in [1.29, 1.82) is 0 Å². The Hall–Kier alpha value is -3.57. The molecule has 2 aromatic heterocycles. The molecule has 1 unspecified atom stereocenters. The molecule has 0 amide bonds. The summed E-state index contributed by atoms with van der Waals surface area (Å²) in [4.78, 5) is 19.5. The molecule has 0 N–H and O–H groups in total. The highest BCUT2D eigenvalue weighted by Gasteiger charge is 2.36. The predicted octanol–water partition coefficient (Wildman–Crippen LogP) is 7.26. The fourth-order valence-corrected chi connectivity index (χ4v) is 7.05. The first-order chi connectivity index (χ1) is 20.4. The number of ether oxygens (including phenoxy) is 3. The molecule has 2 fully saturated rings. The predicted molar refractivity (Wildman–Crippen MR) is 155 cm³/mol. The number of anilines is 1. The van der Waals surface area contributed by atoms with E-state index in [0.29, 0.717) is 35.3 Å². The second-order valence-electron chi connectivity index (χ2n) is 10.8. The first-order valence-corrected chi connectivity index (χ1v) is 15.1. The lowest BCUT2D eigenvalue weighted by Crippen LogP contribution is -2.36. The van der Waals surface area contributed by atoms with Gasteiger partial charge in [0.05, 0.1) is 36.7 Å². The highest BCUT2D eigenvalue weighted by atomic mass is 32.1. The molecule has 3 heterocycles. The van der Waals surface area contributed by atoms with Crippen LogP contribution in [0.25, 0.3) is 21.5 Å². The summed E-state index contributed by atoms with van der Waals surface area (Å²) in [6.07, 6.45) is 5.69. The quantitative estimate of drug-likeness (QED) is 0.132. The molecule has 2 aromatic carbocycles. The number of hydrogen-bond donors (Lipinski definition) is 0. The van der Waals surface area contributed by atoms with Crippen molar-refractivity contribution in [2.24, 2.45) is 0 Å². The second-order valence-corrected chi connectivity index (χ2v) is 11.8. The number of esters is 1. The molecule has 2 atom stereocenters. The van der Waals surface area contributed by atoms with Crippen molar-refractivity contribution in [3.05, 3.63) is 58.9 Å². The Morgan fingerprint density at radius 2 is 1.88 bits per heavy atom. The molecule has 11 heteroatoms. The number of thiazole rings is 1. The smallest absolute Gasteiger partial charge is 0.338 e. The number of benzene rings is 2. The van der Waals surface area contributed by atoms with E-state index in [9.17, 15) is 13.6 Å². The Balaban J connectivity index is 1.19. The van der Waals surface area contributed by atoms with Crippen LogP contribution in [0.3, 0.4) is 0 Å². The highest BCUT2D eigenvalue weighted by molar-refractivity contribution is 7.22. The van der Waals surface area contributed by atoms with Crippen LogP contribution < -0.4 is 9.64 Å². The van der Waals surface area contributed by atoms with E-state index in [4.69, 9.17) is 23.7 Å². The van der Waals surface area contributed by atoms with Crippen LogP contribution in [-0.4, -0.2) is 49.0 Å². The van der Waals surface area contributed by atoms with Crippen LogP contribution in [0.1, 0.15) is 73.0 Å². The zero-order chi connectivity index (χ0) is 29.4. The summed E-state index contributed by atoms with van der Waals surface area (Å²) < 4.78 is 52.3. The maximum absolute atomic E-state index is 14.6. The summed E-state index contributed by atoms with van der Waals surface area (Å²) in [7, 11) is 2.92. The number of carbonyl (C=O) groups is 1. The fourth-order valence-electron chi connectivity index (χ4n) is 5.89.